The summed E-state index contributed by atoms with van der Waals surface area (Å²) in [6.45, 7) is 0. The van der Waals surface area contributed by atoms with Gasteiger partial charge < -0.3 is 9.30 Å². The fourth-order valence-corrected chi connectivity index (χ4v) is 2.77. The first kappa shape index (κ1) is 17.4. The third-order valence-electron chi connectivity index (χ3n) is 3.13. The normalized spacial score (nSPS) is 11.1. The van der Waals surface area contributed by atoms with Gasteiger partial charge in [-0.3, -0.25) is 20.3 Å². The molecule has 0 fully saturated rings. The van der Waals surface area contributed by atoms with Crippen molar-refractivity contribution in [1.82, 2.24) is 14.8 Å². The molecule has 0 radical (unpaired) electrons. The molecule has 0 aliphatic rings. The topological polar surface area (TPSA) is 133 Å². The number of nitro benzene ring substituents is 1. The van der Waals surface area contributed by atoms with E-state index in [0.717, 1.165) is 18.2 Å². The van der Waals surface area contributed by atoms with Crippen LogP contribution in [0.3, 0.4) is 0 Å². The van der Waals surface area contributed by atoms with Crippen LogP contribution in [0.4, 0.5) is 5.69 Å². The van der Waals surface area contributed by atoms with E-state index in [0.29, 0.717) is 0 Å². The van der Waals surface area contributed by atoms with Crippen LogP contribution in [0.5, 0.6) is 5.75 Å². The molecule has 2 rings (SSSR count). The maximum absolute atomic E-state index is 12.2. The summed E-state index contributed by atoms with van der Waals surface area (Å²) >= 11 is 0. The first-order valence-electron chi connectivity index (χ1n) is 6.52. The fraction of sp³-hybridized carbons (Fsp3) is 0.154. The zero-order valence-electron chi connectivity index (χ0n) is 12.7. The molecule has 0 aliphatic carbocycles. The Bertz CT molecular complexity index is 890. The summed E-state index contributed by atoms with van der Waals surface area (Å²) in [4.78, 5) is 23.6. The molecule has 24 heavy (non-hydrogen) atoms. The van der Waals surface area contributed by atoms with Crippen LogP contribution in [0.25, 0.3) is 0 Å². The van der Waals surface area contributed by atoms with Gasteiger partial charge in [-0.15, -0.1) is 4.83 Å². The predicted octanol–water partition coefficient (Wildman–Crippen LogP) is 0.565. The number of hydrogen-bond acceptors (Lipinski definition) is 6. The van der Waals surface area contributed by atoms with Crippen molar-refractivity contribution in [2.45, 2.75) is 4.90 Å². The largest absolute Gasteiger partial charge is 0.490 e. The summed E-state index contributed by atoms with van der Waals surface area (Å²) in [7, 11) is -1.34. The van der Waals surface area contributed by atoms with E-state index in [1.165, 1.54) is 17.7 Å². The van der Waals surface area contributed by atoms with Gasteiger partial charge in [-0.2, -0.15) is 0 Å². The third-order valence-corrected chi connectivity index (χ3v) is 4.38. The van der Waals surface area contributed by atoms with Gasteiger partial charge in [0.25, 0.3) is 15.9 Å². The van der Waals surface area contributed by atoms with Crippen LogP contribution < -0.4 is 15.0 Å². The van der Waals surface area contributed by atoms with Crippen molar-refractivity contribution in [3.05, 3.63) is 52.3 Å². The van der Waals surface area contributed by atoms with Crippen LogP contribution in [0, 0.1) is 10.1 Å². The highest BCUT2D eigenvalue weighted by atomic mass is 32.2. The smallest absolute Gasteiger partial charge is 0.312 e. The van der Waals surface area contributed by atoms with Crippen molar-refractivity contribution in [3.8, 4) is 5.75 Å². The van der Waals surface area contributed by atoms with E-state index in [2.05, 4.69) is 0 Å². The Morgan fingerprint density at radius 2 is 2.04 bits per heavy atom. The molecule has 0 unspecified atom stereocenters. The Labute approximate surface area is 137 Å². The Hall–Kier alpha value is -2.92. The second-order valence-corrected chi connectivity index (χ2v) is 6.34. The van der Waals surface area contributed by atoms with Crippen molar-refractivity contribution in [2.24, 2.45) is 7.05 Å². The number of rotatable bonds is 6. The van der Waals surface area contributed by atoms with Crippen molar-refractivity contribution < 1.29 is 22.9 Å². The van der Waals surface area contributed by atoms with Gasteiger partial charge in [-0.05, 0) is 24.3 Å². The van der Waals surface area contributed by atoms with Crippen LogP contribution >= 0.6 is 0 Å². The molecule has 0 atom stereocenters. The van der Waals surface area contributed by atoms with Gasteiger partial charge in [0.05, 0.1) is 16.9 Å². The standard InChI is InChI=1S/C13H14N4O6S/c1-16-7-3-4-10(16)13(18)14-15-24(21,22)9-5-6-12(23-2)11(8-9)17(19)20/h3-8,15H,1-2H3,(H,14,18). The second kappa shape index (κ2) is 6.68. The van der Waals surface area contributed by atoms with Crippen molar-refractivity contribution in [2.75, 3.05) is 7.11 Å². The molecule has 128 valence electrons. The van der Waals surface area contributed by atoms with E-state index >= 15 is 0 Å². The number of benzene rings is 1. The number of carbonyl (C=O) groups excluding carboxylic acids is 1. The quantitative estimate of drug-likeness (QED) is 0.575. The Morgan fingerprint density at radius 1 is 1.33 bits per heavy atom. The molecular formula is C13H14N4O6S. The number of aromatic nitrogens is 1. The fourth-order valence-electron chi connectivity index (χ4n) is 1.91. The van der Waals surface area contributed by atoms with Gasteiger partial charge >= 0.3 is 5.69 Å². The lowest BCUT2D eigenvalue weighted by atomic mass is 10.3. The number of aryl methyl sites for hydroxylation is 1. The minimum Gasteiger partial charge on any atom is -0.490 e. The molecule has 1 aromatic heterocycles. The molecule has 0 aliphatic heterocycles. The lowest BCUT2D eigenvalue weighted by Gasteiger charge is -2.09. The summed E-state index contributed by atoms with van der Waals surface area (Å²) in [6, 6.07) is 6.25. The molecule has 2 aromatic rings. The molecule has 0 spiro atoms. The zero-order valence-corrected chi connectivity index (χ0v) is 13.5. The Morgan fingerprint density at radius 3 is 2.58 bits per heavy atom. The van der Waals surface area contributed by atoms with Crippen molar-refractivity contribution in [1.29, 1.82) is 0 Å². The molecular weight excluding hydrogens is 340 g/mol. The van der Waals surface area contributed by atoms with E-state index in [4.69, 9.17) is 4.74 Å². The average Bonchev–Trinajstić information content (AvgIpc) is 2.98. The number of sulfonamides is 1. The van der Waals surface area contributed by atoms with Gasteiger partial charge in [-0.1, -0.05) is 0 Å². The first-order valence-corrected chi connectivity index (χ1v) is 8.00. The molecule has 1 amide bonds. The lowest BCUT2D eigenvalue weighted by Crippen LogP contribution is -2.42. The van der Waals surface area contributed by atoms with Gasteiger partial charge in [0.1, 0.15) is 5.69 Å². The number of nitrogens with one attached hydrogen (secondary N) is 2. The Balaban J connectivity index is 2.22. The average molecular weight is 354 g/mol. The molecule has 1 heterocycles. The van der Waals surface area contributed by atoms with Gasteiger partial charge in [0.15, 0.2) is 5.75 Å². The highest BCUT2D eigenvalue weighted by Crippen LogP contribution is 2.29. The number of nitrogens with zero attached hydrogens (tertiary/aromatic N) is 2. The zero-order chi connectivity index (χ0) is 17.9. The van der Waals surface area contributed by atoms with Crippen LogP contribution in [0.2, 0.25) is 0 Å². The predicted molar refractivity (Wildman–Crippen MR) is 82.8 cm³/mol. The van der Waals surface area contributed by atoms with Crippen molar-refractivity contribution >= 4 is 21.6 Å². The SMILES string of the molecule is COc1ccc(S(=O)(=O)NNC(=O)c2cccn2C)cc1[N+](=O)[O-]. The number of hydrazine groups is 1. The maximum Gasteiger partial charge on any atom is 0.312 e. The van der Waals surface area contributed by atoms with Crippen LogP contribution in [0.1, 0.15) is 10.5 Å². The minimum absolute atomic E-state index is 0.0770. The molecule has 0 bridgehead atoms. The van der Waals surface area contributed by atoms with Gasteiger partial charge in [-0.25, -0.2) is 8.42 Å². The lowest BCUT2D eigenvalue weighted by molar-refractivity contribution is -0.386. The summed E-state index contributed by atoms with van der Waals surface area (Å²) in [5, 5.41) is 11.0. The van der Waals surface area contributed by atoms with Crippen LogP contribution in [0.15, 0.2) is 41.4 Å². The monoisotopic (exact) mass is 354 g/mol. The second-order valence-electron chi connectivity index (χ2n) is 4.65. The van der Waals surface area contributed by atoms with Gasteiger partial charge in [0.2, 0.25) is 0 Å². The van der Waals surface area contributed by atoms with Crippen LogP contribution in [-0.2, 0) is 17.1 Å². The van der Waals surface area contributed by atoms with Crippen LogP contribution in [-0.4, -0.2) is 30.9 Å². The van der Waals surface area contributed by atoms with E-state index < -0.39 is 26.5 Å². The molecule has 11 heteroatoms. The van der Waals surface area contributed by atoms with E-state index in [1.54, 1.807) is 19.3 Å². The molecule has 1 aromatic carbocycles. The molecule has 10 nitrogen and oxygen atoms in total. The number of ether oxygens (including phenoxy) is 1. The molecule has 2 N–H and O–H groups in total. The highest BCUT2D eigenvalue weighted by molar-refractivity contribution is 7.89. The number of nitro groups is 1. The molecule has 0 saturated heterocycles. The van der Waals surface area contributed by atoms with E-state index in [-0.39, 0.29) is 16.3 Å². The summed E-state index contributed by atoms with van der Waals surface area (Å²) in [5.41, 5.74) is 1.77. The number of amides is 1. The first-order chi connectivity index (χ1) is 11.3. The summed E-state index contributed by atoms with van der Waals surface area (Å²) in [6.07, 6.45) is 1.62. The minimum atomic E-state index is -4.19. The van der Waals surface area contributed by atoms with E-state index in [9.17, 15) is 23.3 Å². The summed E-state index contributed by atoms with van der Waals surface area (Å²) in [5.74, 6) is -0.749. The van der Waals surface area contributed by atoms with Crippen molar-refractivity contribution in [3.63, 3.8) is 0 Å². The Kier molecular flexibility index (Phi) is 4.85. The number of hydrogen-bond donors (Lipinski definition) is 2. The summed E-state index contributed by atoms with van der Waals surface area (Å²) < 4.78 is 30.6. The molecule has 0 saturated carbocycles. The number of carbonyl (C=O) groups is 1. The highest BCUT2D eigenvalue weighted by Gasteiger charge is 2.22. The van der Waals surface area contributed by atoms with Gasteiger partial charge in [0, 0.05) is 19.3 Å². The third kappa shape index (κ3) is 3.52. The van der Waals surface area contributed by atoms with E-state index in [1.807, 2.05) is 10.3 Å². The maximum atomic E-state index is 12.2. The number of methoxy groups -OCH3 is 1.